The third-order valence-electron chi connectivity index (χ3n) is 4.33. The van der Waals surface area contributed by atoms with E-state index in [0.717, 1.165) is 4.20 Å². The van der Waals surface area contributed by atoms with Crippen LogP contribution < -0.4 is 11.0 Å². The lowest BCUT2D eigenvalue weighted by atomic mass is 10.1. The minimum Gasteiger partial charge on any atom is -0.383 e. The molecule has 9 nitrogen and oxygen atoms in total. The molecule has 148 valence electrons. The molecule has 0 fully saturated rings. The van der Waals surface area contributed by atoms with E-state index in [9.17, 15) is 14.4 Å². The van der Waals surface area contributed by atoms with Gasteiger partial charge in [-0.25, -0.2) is 0 Å². The van der Waals surface area contributed by atoms with Crippen molar-refractivity contribution in [3.8, 4) is 0 Å². The standard InChI is InChI=1S/C18H19ClN4O5/c1-27-9-7-22(8-10-28-2)18(26)14-13-15(23(19)21-14)17(25)20-12-6-4-3-5-11(12)16(13)24/h3-6H,7-10H2,1-2H3,(H,20,25). The van der Waals surface area contributed by atoms with Crippen molar-refractivity contribution in [2.75, 3.05) is 40.5 Å². The highest BCUT2D eigenvalue weighted by molar-refractivity contribution is 6.20. The number of para-hydroxylation sites is 1. The molecule has 10 heteroatoms. The van der Waals surface area contributed by atoms with Crippen molar-refractivity contribution in [3.05, 3.63) is 50.5 Å². The van der Waals surface area contributed by atoms with Gasteiger partial charge in [-0.2, -0.15) is 4.20 Å². The number of amides is 1. The van der Waals surface area contributed by atoms with Gasteiger partial charge in [-0.05, 0) is 12.1 Å². The number of methoxy groups -OCH3 is 2. The Labute approximate surface area is 164 Å². The zero-order valence-corrected chi connectivity index (χ0v) is 16.2. The highest BCUT2D eigenvalue weighted by Gasteiger charge is 2.26. The second-order valence-corrected chi connectivity index (χ2v) is 6.36. The number of hydrogen-bond donors (Lipinski definition) is 1. The fourth-order valence-electron chi connectivity index (χ4n) is 2.93. The van der Waals surface area contributed by atoms with Gasteiger partial charge < -0.3 is 19.4 Å². The first-order chi connectivity index (χ1) is 13.5. The minimum atomic E-state index is -0.616. The predicted molar refractivity (Wildman–Crippen MR) is 105 cm³/mol. The zero-order chi connectivity index (χ0) is 20.3. The summed E-state index contributed by atoms with van der Waals surface area (Å²) < 4.78 is 10.8. The summed E-state index contributed by atoms with van der Waals surface area (Å²) >= 11 is 6.07. The lowest BCUT2D eigenvalue weighted by molar-refractivity contribution is 0.0623. The monoisotopic (exact) mass is 406 g/mol. The van der Waals surface area contributed by atoms with Crippen molar-refractivity contribution in [1.29, 1.82) is 0 Å². The molecule has 0 aliphatic carbocycles. The summed E-state index contributed by atoms with van der Waals surface area (Å²) in [4.78, 5) is 42.9. The Morgan fingerprint density at radius 1 is 1.18 bits per heavy atom. The molecule has 0 bridgehead atoms. The maximum atomic E-state index is 13.1. The molecule has 1 amide bonds. The smallest absolute Gasteiger partial charge is 0.276 e. The number of nitrogens with one attached hydrogen (secondary N) is 1. The molecule has 0 unspecified atom stereocenters. The largest absolute Gasteiger partial charge is 0.383 e. The van der Waals surface area contributed by atoms with Crippen LogP contribution in [0.3, 0.4) is 0 Å². The van der Waals surface area contributed by atoms with Crippen LogP contribution in [-0.4, -0.2) is 65.6 Å². The fourth-order valence-corrected chi connectivity index (χ4v) is 3.17. The first kappa shape index (κ1) is 20.0. The average molecular weight is 407 g/mol. The maximum Gasteiger partial charge on any atom is 0.276 e. The lowest BCUT2D eigenvalue weighted by Crippen LogP contribution is -2.37. The number of nitrogens with zero attached hydrogens (tertiary/aromatic N) is 3. The SMILES string of the molecule is COCCN(CCOC)C(=O)c1nn(Cl)c2c(=O)[nH]c3ccccc3c(=O)c12. The summed E-state index contributed by atoms with van der Waals surface area (Å²) in [5.74, 6) is -0.537. The molecule has 0 atom stereocenters. The Bertz CT molecular complexity index is 1130. The Balaban J connectivity index is 2.26. The molecular weight excluding hydrogens is 388 g/mol. The van der Waals surface area contributed by atoms with Crippen LogP contribution in [0, 0.1) is 0 Å². The van der Waals surface area contributed by atoms with Crippen LogP contribution in [0.2, 0.25) is 0 Å². The number of rotatable bonds is 7. The quantitative estimate of drug-likeness (QED) is 0.626. The van der Waals surface area contributed by atoms with Gasteiger partial charge in [-0.1, -0.05) is 12.1 Å². The molecule has 0 aliphatic heterocycles. The van der Waals surface area contributed by atoms with E-state index >= 15 is 0 Å². The molecular formula is C18H19ClN4O5. The molecule has 28 heavy (non-hydrogen) atoms. The lowest BCUT2D eigenvalue weighted by Gasteiger charge is -2.21. The van der Waals surface area contributed by atoms with Gasteiger partial charge in [-0.15, -0.1) is 5.10 Å². The van der Waals surface area contributed by atoms with Crippen LogP contribution >= 0.6 is 11.8 Å². The van der Waals surface area contributed by atoms with Gasteiger partial charge in [0, 0.05) is 44.5 Å². The van der Waals surface area contributed by atoms with E-state index in [1.807, 2.05) is 0 Å². The molecule has 0 aliphatic rings. The fraction of sp³-hybridized carbons (Fsp3) is 0.333. The summed E-state index contributed by atoms with van der Waals surface area (Å²) in [6.45, 7) is 1.10. The van der Waals surface area contributed by atoms with Crippen molar-refractivity contribution in [2.45, 2.75) is 0 Å². The Hall–Kier alpha value is -2.75. The molecule has 3 aromatic rings. The number of benzene rings is 1. The van der Waals surface area contributed by atoms with E-state index in [1.165, 1.54) is 19.1 Å². The summed E-state index contributed by atoms with van der Waals surface area (Å²) in [5.41, 5.74) is -1.13. The molecule has 2 heterocycles. The molecule has 2 aromatic heterocycles. The van der Waals surface area contributed by atoms with E-state index in [2.05, 4.69) is 10.1 Å². The van der Waals surface area contributed by atoms with Crippen molar-refractivity contribution < 1.29 is 14.3 Å². The minimum absolute atomic E-state index is 0.123. The number of aromatic nitrogens is 3. The number of aromatic amines is 1. The van der Waals surface area contributed by atoms with Gasteiger partial charge in [0.25, 0.3) is 11.5 Å². The van der Waals surface area contributed by atoms with Crippen LogP contribution in [0.15, 0.2) is 33.9 Å². The summed E-state index contributed by atoms with van der Waals surface area (Å²) in [7, 11) is 3.03. The van der Waals surface area contributed by atoms with Crippen LogP contribution in [-0.2, 0) is 9.47 Å². The summed E-state index contributed by atoms with van der Waals surface area (Å²) in [6.07, 6.45) is 0. The summed E-state index contributed by atoms with van der Waals surface area (Å²) in [6, 6.07) is 6.54. The van der Waals surface area contributed by atoms with Crippen molar-refractivity contribution in [2.24, 2.45) is 0 Å². The number of halogens is 1. The van der Waals surface area contributed by atoms with Crippen LogP contribution in [0.4, 0.5) is 0 Å². The van der Waals surface area contributed by atoms with Crippen molar-refractivity contribution in [1.82, 2.24) is 19.2 Å². The molecule has 1 N–H and O–H groups in total. The van der Waals surface area contributed by atoms with E-state index in [-0.39, 0.29) is 48.3 Å². The second-order valence-electron chi connectivity index (χ2n) is 6.04. The van der Waals surface area contributed by atoms with Crippen molar-refractivity contribution >= 4 is 39.5 Å². The van der Waals surface area contributed by atoms with Crippen molar-refractivity contribution in [3.63, 3.8) is 0 Å². The third-order valence-corrected chi connectivity index (χ3v) is 4.57. The van der Waals surface area contributed by atoms with E-state index in [0.29, 0.717) is 5.52 Å². The number of carbonyl (C=O) groups is 1. The van der Waals surface area contributed by atoms with Gasteiger partial charge in [0.2, 0.25) is 0 Å². The highest BCUT2D eigenvalue weighted by Crippen LogP contribution is 2.17. The van der Waals surface area contributed by atoms with Gasteiger partial charge in [0.05, 0.1) is 24.1 Å². The first-order valence-electron chi connectivity index (χ1n) is 8.51. The second kappa shape index (κ2) is 8.51. The highest BCUT2D eigenvalue weighted by atomic mass is 35.5. The molecule has 0 spiro atoms. The van der Waals surface area contributed by atoms with Gasteiger partial charge in [0.1, 0.15) is 0 Å². The third kappa shape index (κ3) is 3.64. The average Bonchev–Trinajstić information content (AvgIpc) is 2.99. The maximum absolute atomic E-state index is 13.1. The number of ether oxygens (including phenoxy) is 2. The first-order valence-corrected chi connectivity index (χ1v) is 8.84. The van der Waals surface area contributed by atoms with E-state index < -0.39 is 16.9 Å². The van der Waals surface area contributed by atoms with Gasteiger partial charge in [-0.3, -0.25) is 14.4 Å². The summed E-state index contributed by atoms with van der Waals surface area (Å²) in [5, 5.41) is 4.11. The Morgan fingerprint density at radius 2 is 1.82 bits per heavy atom. The molecule has 0 saturated carbocycles. The number of H-pyrrole nitrogens is 1. The van der Waals surface area contributed by atoms with E-state index in [4.69, 9.17) is 21.3 Å². The number of carbonyl (C=O) groups excluding carboxylic acids is 1. The Kier molecular flexibility index (Phi) is 6.08. The molecule has 3 rings (SSSR count). The molecule has 1 aromatic carbocycles. The van der Waals surface area contributed by atoms with Crippen LogP contribution in [0.1, 0.15) is 10.5 Å². The van der Waals surface area contributed by atoms with Crippen LogP contribution in [0.5, 0.6) is 0 Å². The predicted octanol–water partition coefficient (Wildman–Crippen LogP) is 0.975. The Morgan fingerprint density at radius 3 is 2.46 bits per heavy atom. The van der Waals surface area contributed by atoms with Gasteiger partial charge in [0.15, 0.2) is 16.6 Å². The number of hydrogen-bond acceptors (Lipinski definition) is 6. The topological polar surface area (TPSA) is 107 Å². The molecule has 0 saturated heterocycles. The normalized spacial score (nSPS) is 11.2. The number of fused-ring (bicyclic) bond motifs is 2. The zero-order valence-electron chi connectivity index (χ0n) is 15.4. The van der Waals surface area contributed by atoms with Crippen LogP contribution in [0.25, 0.3) is 21.8 Å². The molecule has 0 radical (unpaired) electrons. The van der Waals surface area contributed by atoms with Gasteiger partial charge >= 0.3 is 0 Å². The van der Waals surface area contributed by atoms with E-state index in [1.54, 1.807) is 24.3 Å².